The van der Waals surface area contributed by atoms with Crippen molar-refractivity contribution in [1.82, 2.24) is 47.3 Å². The van der Waals surface area contributed by atoms with Gasteiger partial charge in [-0.25, -0.2) is 19.9 Å². The first-order chi connectivity index (χ1) is 71.9. The molecule has 22 aromatic carbocycles. The van der Waals surface area contributed by atoms with E-state index in [9.17, 15) is 0 Å². The summed E-state index contributed by atoms with van der Waals surface area (Å²) >= 11 is 0. The van der Waals surface area contributed by atoms with E-state index in [0.717, 1.165) is 221 Å². The highest BCUT2D eigenvalue weighted by molar-refractivity contribution is 6.36. The van der Waals surface area contributed by atoms with Crippen molar-refractivity contribution in [3.05, 3.63) is 485 Å². The van der Waals surface area contributed by atoms with Crippen LogP contribution in [-0.4, -0.2) is 47.3 Å². The van der Waals surface area contributed by atoms with Gasteiger partial charge in [0.1, 0.15) is 11.2 Å². The van der Waals surface area contributed by atoms with E-state index in [0.29, 0.717) is 11.9 Å². The van der Waals surface area contributed by atoms with Crippen molar-refractivity contribution in [2.45, 2.75) is 0 Å². The predicted molar refractivity (Wildman–Crippen MR) is 602 cm³/mol. The molecular weight excluding hydrogens is 1770 g/mol. The first-order valence-electron chi connectivity index (χ1n) is 49.5. The Morgan fingerprint density at radius 1 is 0.152 bits per heavy atom. The predicted octanol–water partition coefficient (Wildman–Crippen LogP) is 34.9. The lowest BCUT2D eigenvalue weighted by Gasteiger charge is -2.14. The van der Waals surface area contributed by atoms with Gasteiger partial charge in [-0.2, -0.15) is 0 Å². The SMILES string of the molecule is c1ccc(-n2c3ccccc3c3cc(-c4ccc5c(c4)c4cc(-c6ccc7c(c6)c6ccccc6n7-c6ccc(-c7cccc(-c8nc(-n9c%10ccc(-c%11cccc(-c%12nc(-n%13c%14ccccc%14c%14c%15c%16ccccc%16oc%15c%15ccccc%15c%14%13)nc%13ccccc%12%13)c%11)cc%10c%10cc(-c%11ccc%12c(c%11)c%11ccccc%11n%12-c%11ccccc%11)ccc%109)nc9ccccc89)c7)cc6)ccc4n5-c4ccccc4)ccc32)cc1. The number of hydrogen-bond acceptors (Lipinski definition) is 5. The van der Waals surface area contributed by atoms with Crippen molar-refractivity contribution in [2.24, 2.45) is 0 Å². The minimum atomic E-state index is 0.571. The highest BCUT2D eigenvalue weighted by atomic mass is 16.3. The molecule has 0 saturated heterocycles. The summed E-state index contributed by atoms with van der Waals surface area (Å²) in [6.45, 7) is 0. The minimum absolute atomic E-state index is 0.571. The molecule has 9 heterocycles. The quantitative estimate of drug-likeness (QED) is 0.115. The minimum Gasteiger partial charge on any atom is -0.455 e. The molecule has 11 nitrogen and oxygen atoms in total. The van der Waals surface area contributed by atoms with Crippen molar-refractivity contribution in [3.63, 3.8) is 0 Å². The number of benzene rings is 22. The summed E-state index contributed by atoms with van der Waals surface area (Å²) in [5, 5.41) is 20.1. The molecule has 31 rings (SSSR count). The first kappa shape index (κ1) is 80.3. The van der Waals surface area contributed by atoms with Crippen LogP contribution >= 0.6 is 0 Å². The van der Waals surface area contributed by atoms with Gasteiger partial charge in [-0.15, -0.1) is 0 Å². The monoisotopic (exact) mass is 1840 g/mol. The molecule has 9 aromatic heterocycles. The van der Waals surface area contributed by atoms with Crippen LogP contribution in [0.15, 0.2) is 490 Å². The lowest BCUT2D eigenvalue weighted by Crippen LogP contribution is -2.04. The van der Waals surface area contributed by atoms with E-state index < -0.39 is 0 Å². The number of nitrogens with zero attached hydrogens (tertiary/aromatic N) is 10. The molecule has 0 bridgehead atoms. The molecule has 0 aliphatic carbocycles. The molecule has 31 aromatic rings. The van der Waals surface area contributed by atoms with E-state index in [2.05, 4.69) is 507 Å². The van der Waals surface area contributed by atoms with Gasteiger partial charge >= 0.3 is 0 Å². The number of aromatic nitrogens is 10. The van der Waals surface area contributed by atoms with E-state index in [1.54, 1.807) is 0 Å². The number of para-hydroxylation sites is 10. The second-order valence-electron chi connectivity index (χ2n) is 38.3. The van der Waals surface area contributed by atoms with Gasteiger partial charge in [0.25, 0.3) is 0 Å². The Morgan fingerprint density at radius 3 is 0.834 bits per heavy atom. The summed E-state index contributed by atoms with van der Waals surface area (Å²) in [6, 6.07) is 177. The third-order valence-corrected chi connectivity index (χ3v) is 30.4. The maximum Gasteiger partial charge on any atom is 0.235 e. The van der Waals surface area contributed by atoms with Crippen molar-refractivity contribution in [2.75, 3.05) is 0 Å². The van der Waals surface area contributed by atoms with Crippen molar-refractivity contribution in [1.29, 1.82) is 0 Å². The Labute approximate surface area is 829 Å². The molecule has 0 aliphatic heterocycles. The van der Waals surface area contributed by atoms with Crippen molar-refractivity contribution in [3.8, 4) is 113 Å². The highest BCUT2D eigenvalue weighted by Gasteiger charge is 2.29. The molecule has 0 fully saturated rings. The van der Waals surface area contributed by atoms with Crippen LogP contribution in [0.4, 0.5) is 0 Å². The van der Waals surface area contributed by atoms with Gasteiger partial charge in [-0.05, 0) is 244 Å². The van der Waals surface area contributed by atoms with Crippen LogP contribution in [0.1, 0.15) is 0 Å². The van der Waals surface area contributed by atoms with Gasteiger partial charge in [0, 0.05) is 131 Å². The Kier molecular flexibility index (Phi) is 17.4. The van der Waals surface area contributed by atoms with Crippen LogP contribution in [0, 0.1) is 0 Å². The van der Waals surface area contributed by atoms with E-state index >= 15 is 0 Å². The van der Waals surface area contributed by atoms with Crippen LogP contribution in [0.25, 0.3) is 298 Å². The zero-order valence-electron chi connectivity index (χ0n) is 78.1. The Balaban J connectivity index is 0.510. The zero-order chi connectivity index (χ0) is 94.7. The first-order valence-corrected chi connectivity index (χ1v) is 49.5. The summed E-state index contributed by atoms with van der Waals surface area (Å²) < 4.78 is 21.0. The summed E-state index contributed by atoms with van der Waals surface area (Å²) in [5.74, 6) is 1.15. The summed E-state index contributed by atoms with van der Waals surface area (Å²) in [4.78, 5) is 22.7. The van der Waals surface area contributed by atoms with Crippen molar-refractivity contribution >= 4 is 185 Å². The Morgan fingerprint density at radius 2 is 0.428 bits per heavy atom. The molecule has 0 atom stereocenters. The molecule has 11 heteroatoms. The smallest absolute Gasteiger partial charge is 0.235 e. The summed E-state index contributed by atoms with van der Waals surface area (Å²) in [6.07, 6.45) is 0. The fraction of sp³-hybridized carbons (Fsp3) is 0. The van der Waals surface area contributed by atoms with Crippen LogP contribution < -0.4 is 0 Å². The van der Waals surface area contributed by atoms with Crippen LogP contribution in [0.2, 0.25) is 0 Å². The van der Waals surface area contributed by atoms with Gasteiger partial charge in [0.2, 0.25) is 11.9 Å². The lowest BCUT2D eigenvalue weighted by atomic mass is 9.97. The molecule has 0 unspecified atom stereocenters. The molecule has 672 valence electrons. The summed E-state index contributed by atoms with van der Waals surface area (Å²) in [5.41, 5.74) is 35.9. The summed E-state index contributed by atoms with van der Waals surface area (Å²) in [7, 11) is 0. The van der Waals surface area contributed by atoms with E-state index in [1.807, 2.05) is 6.07 Å². The van der Waals surface area contributed by atoms with Gasteiger partial charge in [0.05, 0.1) is 88.6 Å². The third-order valence-electron chi connectivity index (χ3n) is 30.4. The molecule has 0 N–H and O–H groups in total. The zero-order valence-corrected chi connectivity index (χ0v) is 78.1. The van der Waals surface area contributed by atoms with Gasteiger partial charge < -0.3 is 22.7 Å². The van der Waals surface area contributed by atoms with Gasteiger partial charge in [0.15, 0.2) is 0 Å². The molecule has 145 heavy (non-hydrogen) atoms. The average molecular weight is 1850 g/mol. The topological polar surface area (TPSA) is 94.3 Å². The third kappa shape index (κ3) is 12.3. The number of fused-ring (bicyclic) bond motifs is 27. The van der Waals surface area contributed by atoms with Gasteiger partial charge in [-0.3, -0.25) is 9.13 Å². The number of furan rings is 1. The molecular formula is C134H80N10O. The van der Waals surface area contributed by atoms with Crippen molar-refractivity contribution < 1.29 is 4.42 Å². The molecule has 0 spiro atoms. The van der Waals surface area contributed by atoms with Crippen LogP contribution in [0.3, 0.4) is 0 Å². The largest absolute Gasteiger partial charge is 0.455 e. The Bertz CT molecular complexity index is 10900. The fourth-order valence-corrected chi connectivity index (χ4v) is 23.9. The normalized spacial score (nSPS) is 12.1. The lowest BCUT2D eigenvalue weighted by molar-refractivity contribution is 0.673. The molecule has 0 aliphatic rings. The maximum absolute atomic E-state index is 6.81. The maximum atomic E-state index is 6.81. The highest BCUT2D eigenvalue weighted by Crippen LogP contribution is 2.50. The van der Waals surface area contributed by atoms with E-state index in [1.165, 1.54) is 65.3 Å². The number of rotatable bonds is 13. The van der Waals surface area contributed by atoms with E-state index in [4.69, 9.17) is 24.4 Å². The van der Waals surface area contributed by atoms with Crippen LogP contribution in [0.5, 0.6) is 0 Å². The molecule has 0 saturated carbocycles. The standard InChI is InChI=1S/C134H80N10O/c1-4-32-93(33-5-1)139-115-49-21-14-38-97(115)106-74-85(56-65-119(106)139)88-59-68-122-109(78-88)110-79-89(60-69-123(110)141(122)95-36-8-3-9-37-95)86-58-67-121-108(76-86)99-40-16-23-51-117(99)142(121)96-63-54-81(55-64-96)82-28-26-30-91(72-82)129-102-43-12-19-47-113(102)135-133(137-129)143-124-70-61-84(77-111(124)112-80-90(62-71-125(112)143)87-57-66-120-107(75-87)98-39-15-22-50-116(98)140(120)94-34-6-2-7-35-94)83-29-27-31-92(73-83)130-103-44-13-20-48-114(103)136-134(138-130)144-118-52-24-17-45-104(118)127-128-105-46-18-25-53-126(105)145-132(128)101-42-11-10-41-100(101)131(127)144/h1-80H. The average Bonchev–Trinajstić information content (AvgIpc) is 1.53. The molecule has 0 amide bonds. The van der Waals surface area contributed by atoms with E-state index in [-0.39, 0.29) is 0 Å². The van der Waals surface area contributed by atoms with Crippen LogP contribution in [-0.2, 0) is 0 Å². The Hall–Kier alpha value is -19.6. The second kappa shape index (κ2) is 31.4. The fourth-order valence-electron chi connectivity index (χ4n) is 23.9. The molecule has 0 radical (unpaired) electrons. The second-order valence-corrected chi connectivity index (χ2v) is 38.3. The van der Waals surface area contributed by atoms with Gasteiger partial charge in [-0.1, -0.05) is 297 Å². The number of hydrogen-bond donors (Lipinski definition) is 0.